The van der Waals surface area contributed by atoms with Crippen LogP contribution in [0.25, 0.3) is 5.69 Å². The summed E-state index contributed by atoms with van der Waals surface area (Å²) >= 11 is 5.93. The fraction of sp³-hybridized carbons (Fsp3) is 0.281. The molecule has 2 atom stereocenters. The lowest BCUT2D eigenvalue weighted by Crippen LogP contribution is -2.36. The van der Waals surface area contributed by atoms with Gasteiger partial charge in [0.25, 0.3) is 0 Å². The van der Waals surface area contributed by atoms with Crippen molar-refractivity contribution in [2.45, 2.75) is 32.9 Å². The molecule has 8 nitrogen and oxygen atoms in total. The van der Waals surface area contributed by atoms with Gasteiger partial charge < -0.3 is 29.7 Å². The molecule has 2 aromatic carbocycles. The van der Waals surface area contributed by atoms with Gasteiger partial charge in [0.1, 0.15) is 0 Å². The third-order valence-electron chi connectivity index (χ3n) is 7.84. The summed E-state index contributed by atoms with van der Waals surface area (Å²) < 4.78 is 7.83. The molecule has 0 bridgehead atoms. The van der Waals surface area contributed by atoms with Gasteiger partial charge in [0.15, 0.2) is 5.11 Å². The minimum Gasteiger partial charge on any atom is -0.378 e. The molecule has 210 valence electrons. The van der Waals surface area contributed by atoms with Gasteiger partial charge >= 0.3 is 0 Å². The van der Waals surface area contributed by atoms with Gasteiger partial charge in [0, 0.05) is 60.3 Å². The minimum atomic E-state index is -0.142. The van der Waals surface area contributed by atoms with Crippen molar-refractivity contribution in [2.24, 2.45) is 0 Å². The molecule has 2 saturated heterocycles. The van der Waals surface area contributed by atoms with E-state index in [2.05, 4.69) is 69.2 Å². The Bertz CT molecular complexity index is 1550. The lowest BCUT2D eigenvalue weighted by atomic mass is 9.96. The van der Waals surface area contributed by atoms with E-state index in [1.807, 2.05) is 48.7 Å². The zero-order valence-corrected chi connectivity index (χ0v) is 24.3. The van der Waals surface area contributed by atoms with E-state index < -0.39 is 0 Å². The zero-order chi connectivity index (χ0) is 28.5. The van der Waals surface area contributed by atoms with Crippen molar-refractivity contribution < 1.29 is 9.53 Å². The van der Waals surface area contributed by atoms with Crippen LogP contribution in [0, 0.1) is 13.8 Å². The average Bonchev–Trinajstić information content (AvgIpc) is 3.48. The van der Waals surface area contributed by atoms with Gasteiger partial charge in [-0.25, -0.2) is 0 Å². The highest BCUT2D eigenvalue weighted by atomic mass is 32.1. The highest BCUT2D eigenvalue weighted by Gasteiger charge is 2.42. The van der Waals surface area contributed by atoms with Crippen molar-refractivity contribution in [2.75, 3.05) is 41.4 Å². The summed E-state index contributed by atoms with van der Waals surface area (Å²) in [6.07, 6.45) is 1.82. The van der Waals surface area contributed by atoms with Crippen LogP contribution in [0.4, 0.5) is 17.1 Å². The van der Waals surface area contributed by atoms with Crippen molar-refractivity contribution in [1.82, 2.24) is 14.9 Å². The number of benzene rings is 2. The number of amides is 1. The number of carbonyl (C=O) groups is 1. The van der Waals surface area contributed by atoms with E-state index in [0.29, 0.717) is 5.11 Å². The fourth-order valence-corrected chi connectivity index (χ4v) is 6.32. The molecule has 0 saturated carbocycles. The summed E-state index contributed by atoms with van der Waals surface area (Å²) in [5.41, 5.74) is 8.43. The molecule has 1 amide bonds. The largest absolute Gasteiger partial charge is 0.378 e. The first-order valence-electron chi connectivity index (χ1n) is 13.9. The van der Waals surface area contributed by atoms with Crippen LogP contribution in [0.3, 0.4) is 0 Å². The molecule has 6 rings (SSSR count). The summed E-state index contributed by atoms with van der Waals surface area (Å²) in [7, 11) is 0. The molecule has 41 heavy (non-hydrogen) atoms. The summed E-state index contributed by atoms with van der Waals surface area (Å²) in [5.74, 6) is -0.102. The van der Waals surface area contributed by atoms with Crippen LogP contribution in [0.15, 0.2) is 79.0 Å². The molecule has 2 fully saturated rings. The first kappa shape index (κ1) is 27.0. The SMILES string of the molecule is CC(=O)Nc1ccc(N2C(=S)NC(c3ccccn3)C2c2cc(C)n(-c3ccc(N4CCOCC4)cc3)c2C)cc1. The Morgan fingerprint density at radius 2 is 1.66 bits per heavy atom. The van der Waals surface area contributed by atoms with E-state index in [1.165, 1.54) is 18.2 Å². The van der Waals surface area contributed by atoms with Gasteiger partial charge in [-0.1, -0.05) is 6.07 Å². The standard InChI is InChI=1S/C32H34N6O2S/c1-21-20-28(22(2)37(21)26-13-11-25(12-14-26)36-16-18-40-19-17-36)31-30(29-6-4-5-15-33-29)35-32(41)38(31)27-9-7-24(8-10-27)34-23(3)39/h4-15,20,30-31H,16-19H2,1-3H3,(H,34,39)(H,35,41). The van der Waals surface area contributed by atoms with E-state index in [-0.39, 0.29) is 18.0 Å². The molecule has 9 heteroatoms. The number of anilines is 3. The van der Waals surface area contributed by atoms with Crippen molar-refractivity contribution in [3.63, 3.8) is 0 Å². The van der Waals surface area contributed by atoms with Crippen LogP contribution in [-0.2, 0) is 9.53 Å². The van der Waals surface area contributed by atoms with E-state index in [1.54, 1.807) is 0 Å². The number of rotatable bonds is 6. The maximum atomic E-state index is 11.6. The van der Waals surface area contributed by atoms with Gasteiger partial charge in [-0.05, 0) is 98.4 Å². The molecule has 0 radical (unpaired) electrons. The Hall–Kier alpha value is -4.21. The molecule has 2 aliphatic heterocycles. The van der Waals surface area contributed by atoms with Crippen LogP contribution in [0.5, 0.6) is 0 Å². The summed E-state index contributed by atoms with van der Waals surface area (Å²) in [4.78, 5) is 20.8. The quantitative estimate of drug-likeness (QED) is 0.300. The van der Waals surface area contributed by atoms with Crippen LogP contribution < -0.4 is 20.4 Å². The second-order valence-electron chi connectivity index (χ2n) is 10.5. The van der Waals surface area contributed by atoms with Gasteiger partial charge in [0.2, 0.25) is 5.91 Å². The smallest absolute Gasteiger partial charge is 0.221 e. The molecule has 2 aliphatic rings. The number of morpholine rings is 1. The first-order valence-corrected chi connectivity index (χ1v) is 14.3. The number of aryl methyl sites for hydroxylation is 1. The van der Waals surface area contributed by atoms with Gasteiger partial charge in [-0.3, -0.25) is 9.78 Å². The van der Waals surface area contributed by atoms with Crippen LogP contribution in [-0.4, -0.2) is 46.9 Å². The van der Waals surface area contributed by atoms with Crippen molar-refractivity contribution in [3.8, 4) is 5.69 Å². The molecular formula is C32H34N6O2S. The van der Waals surface area contributed by atoms with Crippen molar-refractivity contribution >= 4 is 40.3 Å². The molecule has 4 heterocycles. The Balaban J connectivity index is 1.39. The first-order chi connectivity index (χ1) is 19.9. The summed E-state index contributed by atoms with van der Waals surface area (Å²) in [5, 5.41) is 7.04. The highest BCUT2D eigenvalue weighted by molar-refractivity contribution is 7.80. The predicted octanol–water partition coefficient (Wildman–Crippen LogP) is 5.46. The average molecular weight is 567 g/mol. The normalized spacial score (nSPS) is 18.9. The van der Waals surface area contributed by atoms with E-state index in [4.69, 9.17) is 21.9 Å². The number of nitrogens with one attached hydrogen (secondary N) is 2. The topological polar surface area (TPSA) is 74.7 Å². The fourth-order valence-electron chi connectivity index (χ4n) is 5.98. The number of thiocarbonyl (C=S) groups is 1. The Labute approximate surface area is 245 Å². The summed E-state index contributed by atoms with van der Waals surface area (Å²) in [6.45, 7) is 9.19. The third-order valence-corrected chi connectivity index (χ3v) is 8.15. The van der Waals surface area contributed by atoms with Gasteiger partial charge in [0.05, 0.1) is 31.0 Å². The lowest BCUT2D eigenvalue weighted by Gasteiger charge is -2.29. The maximum Gasteiger partial charge on any atom is 0.221 e. The van der Waals surface area contributed by atoms with E-state index >= 15 is 0 Å². The molecule has 0 aliphatic carbocycles. The number of carbonyl (C=O) groups excluding carboxylic acids is 1. The Morgan fingerprint density at radius 3 is 2.32 bits per heavy atom. The van der Waals surface area contributed by atoms with Gasteiger partial charge in [-0.15, -0.1) is 0 Å². The lowest BCUT2D eigenvalue weighted by molar-refractivity contribution is -0.114. The maximum absolute atomic E-state index is 11.6. The monoisotopic (exact) mass is 566 g/mol. The number of pyridine rings is 1. The van der Waals surface area contributed by atoms with Crippen molar-refractivity contribution in [1.29, 1.82) is 0 Å². The van der Waals surface area contributed by atoms with Crippen LogP contribution in [0.2, 0.25) is 0 Å². The van der Waals surface area contributed by atoms with Gasteiger partial charge in [-0.2, -0.15) is 0 Å². The number of nitrogens with zero attached hydrogens (tertiary/aromatic N) is 4. The minimum absolute atomic E-state index is 0.102. The molecule has 0 spiro atoms. The zero-order valence-electron chi connectivity index (χ0n) is 23.5. The second kappa shape index (κ2) is 11.3. The third kappa shape index (κ3) is 5.30. The Kier molecular flexibility index (Phi) is 7.47. The number of hydrogen-bond acceptors (Lipinski definition) is 5. The molecule has 4 aromatic rings. The number of hydrogen-bond donors (Lipinski definition) is 2. The predicted molar refractivity (Wildman–Crippen MR) is 167 cm³/mol. The van der Waals surface area contributed by atoms with E-state index in [0.717, 1.165) is 60.4 Å². The van der Waals surface area contributed by atoms with Crippen LogP contribution >= 0.6 is 12.2 Å². The van der Waals surface area contributed by atoms with E-state index in [9.17, 15) is 4.79 Å². The molecule has 2 unspecified atom stereocenters. The van der Waals surface area contributed by atoms with Crippen LogP contribution in [0.1, 0.15) is 41.7 Å². The Morgan fingerprint density at radius 1 is 0.976 bits per heavy atom. The van der Waals surface area contributed by atoms with Crippen molar-refractivity contribution in [3.05, 3.63) is 102 Å². The summed E-state index contributed by atoms with van der Waals surface area (Å²) in [6, 6.07) is 24.6. The number of ether oxygens (including phenoxy) is 1. The second-order valence-corrected chi connectivity index (χ2v) is 10.9. The molecule has 2 N–H and O–H groups in total. The number of aromatic nitrogens is 2. The highest BCUT2D eigenvalue weighted by Crippen LogP contribution is 2.44. The molecule has 2 aromatic heterocycles. The molecular weight excluding hydrogens is 532 g/mol.